The zero-order valence-electron chi connectivity index (χ0n) is 8.29. The lowest BCUT2D eigenvalue weighted by molar-refractivity contribution is 0.405. The summed E-state index contributed by atoms with van der Waals surface area (Å²) < 4.78 is 0. The molecule has 0 bridgehead atoms. The first-order chi connectivity index (χ1) is 6.93. The van der Waals surface area contributed by atoms with E-state index < -0.39 is 0 Å². The molecule has 14 heavy (non-hydrogen) atoms. The van der Waals surface area contributed by atoms with Crippen LogP contribution in [0.5, 0.6) is 0 Å². The van der Waals surface area contributed by atoms with Gasteiger partial charge >= 0.3 is 0 Å². The van der Waals surface area contributed by atoms with Gasteiger partial charge in [-0.3, -0.25) is 5.32 Å². The predicted molar refractivity (Wildman–Crippen MR) is 56.7 cm³/mol. The molecular formula is C11H17N3. The quantitative estimate of drug-likeness (QED) is 0.564. The van der Waals surface area contributed by atoms with Crippen LogP contribution in [0.15, 0.2) is 23.9 Å². The van der Waals surface area contributed by atoms with E-state index in [-0.39, 0.29) is 0 Å². The summed E-state index contributed by atoms with van der Waals surface area (Å²) in [4.78, 5) is 0. The van der Waals surface area contributed by atoms with E-state index in [4.69, 9.17) is 0 Å². The molecule has 3 rings (SSSR count). The van der Waals surface area contributed by atoms with Crippen molar-refractivity contribution in [2.75, 3.05) is 6.54 Å². The van der Waals surface area contributed by atoms with Crippen LogP contribution in [-0.2, 0) is 0 Å². The van der Waals surface area contributed by atoms with Gasteiger partial charge in [-0.2, -0.15) is 0 Å². The molecule has 0 aromatic heterocycles. The summed E-state index contributed by atoms with van der Waals surface area (Å²) >= 11 is 0. The van der Waals surface area contributed by atoms with Gasteiger partial charge in [0, 0.05) is 11.7 Å². The average Bonchev–Trinajstić information content (AvgIpc) is 2.86. The van der Waals surface area contributed by atoms with E-state index in [1.54, 1.807) is 0 Å². The van der Waals surface area contributed by atoms with E-state index in [0.29, 0.717) is 18.2 Å². The van der Waals surface area contributed by atoms with Crippen LogP contribution in [0.3, 0.4) is 0 Å². The Labute approximate surface area is 84.6 Å². The fraction of sp³-hybridized carbons (Fsp3) is 0.636. The van der Waals surface area contributed by atoms with Crippen molar-refractivity contribution < 1.29 is 0 Å². The van der Waals surface area contributed by atoms with E-state index in [2.05, 4.69) is 34.2 Å². The molecule has 3 nitrogen and oxygen atoms in total. The van der Waals surface area contributed by atoms with E-state index in [1.807, 2.05) is 0 Å². The number of fused-ring (bicyclic) bond motifs is 1. The molecule has 0 amide bonds. The second-order valence-corrected chi connectivity index (χ2v) is 4.33. The molecule has 0 radical (unpaired) electrons. The van der Waals surface area contributed by atoms with Gasteiger partial charge in [-0.15, -0.1) is 0 Å². The highest BCUT2D eigenvalue weighted by Gasteiger charge is 2.33. The molecule has 76 valence electrons. The smallest absolute Gasteiger partial charge is 0.0928 e. The van der Waals surface area contributed by atoms with Crippen molar-refractivity contribution in [2.24, 2.45) is 0 Å². The zero-order valence-corrected chi connectivity index (χ0v) is 8.29. The third-order valence-electron chi connectivity index (χ3n) is 3.36. The largest absolute Gasteiger partial charge is 0.370 e. The van der Waals surface area contributed by atoms with Crippen molar-refractivity contribution >= 4 is 0 Å². The molecule has 2 fully saturated rings. The number of allylic oxidation sites excluding steroid dienone is 2. The van der Waals surface area contributed by atoms with Crippen LogP contribution in [-0.4, -0.2) is 24.8 Å². The van der Waals surface area contributed by atoms with Crippen molar-refractivity contribution in [1.82, 2.24) is 16.0 Å². The minimum Gasteiger partial charge on any atom is -0.370 e. The van der Waals surface area contributed by atoms with Crippen LogP contribution in [0.1, 0.15) is 19.3 Å². The Bertz CT molecular complexity index is 276. The third kappa shape index (κ3) is 1.37. The van der Waals surface area contributed by atoms with Crippen molar-refractivity contribution in [3.63, 3.8) is 0 Å². The normalized spacial score (nSPS) is 40.6. The van der Waals surface area contributed by atoms with Gasteiger partial charge in [0.05, 0.1) is 12.2 Å². The lowest BCUT2D eigenvalue weighted by Crippen LogP contribution is -2.48. The first-order valence-electron chi connectivity index (χ1n) is 5.56. The second-order valence-electron chi connectivity index (χ2n) is 4.33. The summed E-state index contributed by atoms with van der Waals surface area (Å²) in [6, 6.07) is 1.15. The van der Waals surface area contributed by atoms with Gasteiger partial charge in [-0.05, 0) is 31.9 Å². The molecule has 2 unspecified atom stereocenters. The van der Waals surface area contributed by atoms with Crippen molar-refractivity contribution in [1.29, 1.82) is 0 Å². The molecule has 1 aliphatic carbocycles. The maximum absolute atomic E-state index is 3.64. The van der Waals surface area contributed by atoms with E-state index in [9.17, 15) is 0 Å². The Kier molecular flexibility index (Phi) is 2.07. The first-order valence-corrected chi connectivity index (χ1v) is 5.56. The second kappa shape index (κ2) is 3.41. The summed E-state index contributed by atoms with van der Waals surface area (Å²) in [6.45, 7) is 1.17. The van der Waals surface area contributed by atoms with Crippen molar-refractivity contribution in [2.45, 2.75) is 37.5 Å². The predicted octanol–water partition coefficient (Wildman–Crippen LogP) is 0.470. The minimum absolute atomic E-state index is 0.439. The van der Waals surface area contributed by atoms with Gasteiger partial charge in [0.2, 0.25) is 0 Å². The van der Waals surface area contributed by atoms with Gasteiger partial charge < -0.3 is 10.6 Å². The van der Waals surface area contributed by atoms with Gasteiger partial charge in [-0.25, -0.2) is 0 Å². The van der Waals surface area contributed by atoms with Crippen LogP contribution in [0, 0.1) is 0 Å². The average molecular weight is 191 g/mol. The van der Waals surface area contributed by atoms with Gasteiger partial charge in [0.25, 0.3) is 0 Å². The number of rotatable bonds is 1. The van der Waals surface area contributed by atoms with Crippen molar-refractivity contribution in [3.05, 3.63) is 23.9 Å². The summed E-state index contributed by atoms with van der Waals surface area (Å²) in [5, 5.41) is 10.7. The van der Waals surface area contributed by atoms with Crippen LogP contribution < -0.4 is 16.0 Å². The van der Waals surface area contributed by atoms with E-state index in [0.717, 1.165) is 6.42 Å². The summed E-state index contributed by atoms with van der Waals surface area (Å²) in [5.74, 6) is 0. The van der Waals surface area contributed by atoms with Gasteiger partial charge in [0.15, 0.2) is 0 Å². The lowest BCUT2D eigenvalue weighted by Gasteiger charge is -2.19. The Morgan fingerprint density at radius 2 is 2.36 bits per heavy atom. The zero-order chi connectivity index (χ0) is 9.38. The molecule has 2 aliphatic heterocycles. The van der Waals surface area contributed by atoms with E-state index >= 15 is 0 Å². The highest BCUT2D eigenvalue weighted by molar-refractivity contribution is 5.27. The molecule has 2 heterocycles. The standard InChI is InChI=1S/C11H17N3/c1-2-5-9-8(4-1)13-11(14-9)10-6-3-7-12-10/h1-2,4,9-14H,3,5-7H2/t9?,10-,11?/m0/s1. The van der Waals surface area contributed by atoms with E-state index in [1.165, 1.54) is 25.1 Å². The molecule has 3 atom stereocenters. The molecule has 3 aliphatic rings. The lowest BCUT2D eigenvalue weighted by atomic mass is 10.1. The molecule has 0 spiro atoms. The SMILES string of the molecule is C1=CCC2NC([C@@H]3CCCN3)NC2=C1. The van der Waals surface area contributed by atoms with Gasteiger partial charge in [-0.1, -0.05) is 12.2 Å². The molecule has 2 saturated heterocycles. The molecule has 3 heteroatoms. The molecular weight excluding hydrogens is 174 g/mol. The molecule has 0 saturated carbocycles. The minimum atomic E-state index is 0.439. The van der Waals surface area contributed by atoms with Crippen LogP contribution in [0.4, 0.5) is 0 Å². The monoisotopic (exact) mass is 191 g/mol. The highest BCUT2D eigenvalue weighted by atomic mass is 15.3. The van der Waals surface area contributed by atoms with Crippen molar-refractivity contribution in [3.8, 4) is 0 Å². The number of hydrogen-bond acceptors (Lipinski definition) is 3. The summed E-state index contributed by atoms with van der Waals surface area (Å²) in [7, 11) is 0. The van der Waals surface area contributed by atoms with Crippen LogP contribution in [0.25, 0.3) is 0 Å². The number of hydrogen-bond donors (Lipinski definition) is 3. The number of nitrogens with one attached hydrogen (secondary N) is 3. The Balaban J connectivity index is 1.69. The summed E-state index contributed by atoms with van der Waals surface area (Å²) in [5.41, 5.74) is 1.37. The molecule has 0 aromatic carbocycles. The van der Waals surface area contributed by atoms with Crippen LogP contribution >= 0.6 is 0 Å². The van der Waals surface area contributed by atoms with Crippen LogP contribution in [0.2, 0.25) is 0 Å². The maximum atomic E-state index is 3.64. The maximum Gasteiger partial charge on any atom is 0.0928 e. The van der Waals surface area contributed by atoms with Gasteiger partial charge in [0.1, 0.15) is 0 Å². The summed E-state index contributed by atoms with van der Waals surface area (Å²) in [6.07, 6.45) is 10.7. The Hall–Kier alpha value is -0.800. The third-order valence-corrected chi connectivity index (χ3v) is 3.36. The Morgan fingerprint density at radius 3 is 3.14 bits per heavy atom. The first kappa shape index (κ1) is 8.50. The Morgan fingerprint density at radius 1 is 1.36 bits per heavy atom. The fourth-order valence-electron chi connectivity index (χ4n) is 2.59. The fourth-order valence-corrected chi connectivity index (χ4v) is 2.59. The molecule has 3 N–H and O–H groups in total. The molecule has 0 aromatic rings. The topological polar surface area (TPSA) is 36.1 Å². The highest BCUT2D eigenvalue weighted by Crippen LogP contribution is 2.20.